The summed E-state index contributed by atoms with van der Waals surface area (Å²) >= 11 is 0. The third kappa shape index (κ3) is 0.480. The molecule has 0 amide bonds. The molecule has 0 bridgehead atoms. The van der Waals surface area contributed by atoms with E-state index in [4.69, 9.17) is 7.85 Å². The molecule has 3 heteroatoms. The van der Waals surface area contributed by atoms with Gasteiger partial charge in [0.2, 0.25) is 0 Å². The monoisotopic (exact) mass is 82.0 g/mol. The van der Waals surface area contributed by atoms with Crippen molar-refractivity contribution < 1.29 is 9.47 Å². The van der Waals surface area contributed by atoms with Crippen LogP contribution in [0.5, 0.6) is 0 Å². The van der Waals surface area contributed by atoms with Crippen LogP contribution in [0.25, 0.3) is 0 Å². The van der Waals surface area contributed by atoms with E-state index in [0.717, 1.165) is 0 Å². The molecule has 2 radical (unpaired) electrons. The van der Waals surface area contributed by atoms with Crippen LogP contribution in [0.2, 0.25) is 0 Å². The first-order valence-corrected chi connectivity index (χ1v) is 1.61. The molecule has 0 N–H and O–H groups in total. The van der Waals surface area contributed by atoms with E-state index >= 15 is 0 Å². The molecular formula is C3H3BO2. The van der Waals surface area contributed by atoms with E-state index in [1.54, 1.807) is 0 Å². The highest BCUT2D eigenvalue weighted by Gasteiger charge is 1.99. The Morgan fingerprint density at radius 3 is 2.00 bits per heavy atom. The van der Waals surface area contributed by atoms with Gasteiger partial charge in [-0.05, 0) is 0 Å². The molecule has 0 aromatic rings. The van der Waals surface area contributed by atoms with Gasteiger partial charge in [-0.1, -0.05) is 0 Å². The first-order chi connectivity index (χ1) is 2.89. The lowest BCUT2D eigenvalue weighted by Gasteiger charge is -1.99. The second-order valence-corrected chi connectivity index (χ2v) is 0.913. The van der Waals surface area contributed by atoms with Crippen LogP contribution in [0.1, 0.15) is 0 Å². The third-order valence-electron chi connectivity index (χ3n) is 0.481. The Hall–Kier alpha value is -0.595. The molecular weight excluding hydrogens is 78.8 g/mol. The molecule has 0 atom stereocenters. The van der Waals surface area contributed by atoms with Crippen LogP contribution in [0.3, 0.4) is 0 Å². The van der Waals surface area contributed by atoms with Crippen LogP contribution < -0.4 is 0 Å². The van der Waals surface area contributed by atoms with Crippen molar-refractivity contribution in [2.24, 2.45) is 0 Å². The van der Waals surface area contributed by atoms with Crippen molar-refractivity contribution in [2.75, 3.05) is 0 Å². The van der Waals surface area contributed by atoms with Gasteiger partial charge in [-0.2, -0.15) is 0 Å². The number of ether oxygens (including phenoxy) is 2. The van der Waals surface area contributed by atoms with Crippen LogP contribution in [-0.4, -0.2) is 14.0 Å². The largest absolute Gasteiger partial charge is 0.469 e. The van der Waals surface area contributed by atoms with Crippen LogP contribution in [0.4, 0.5) is 0 Å². The molecule has 0 spiro atoms. The Kier molecular flexibility index (Phi) is 0.745. The van der Waals surface area contributed by atoms with Gasteiger partial charge in [0.1, 0.15) is 12.5 Å². The molecule has 1 heterocycles. The van der Waals surface area contributed by atoms with Crippen LogP contribution in [-0.2, 0) is 9.47 Å². The fourth-order valence-electron chi connectivity index (χ4n) is 0.251. The fraction of sp³-hybridized carbons (Fsp3) is 0.333. The Balaban J connectivity index is 2.32. The molecule has 1 aliphatic rings. The maximum atomic E-state index is 5.03. The average molecular weight is 81.9 g/mol. The molecule has 0 aliphatic carbocycles. The standard InChI is InChI=1S/C3H3BO2/c4-3-5-1-2-6-3/h1-3H. The fourth-order valence-corrected chi connectivity index (χ4v) is 0.251. The van der Waals surface area contributed by atoms with Gasteiger partial charge in [0.15, 0.2) is 14.0 Å². The van der Waals surface area contributed by atoms with Crippen molar-refractivity contribution in [1.29, 1.82) is 0 Å². The molecule has 6 heavy (non-hydrogen) atoms. The lowest BCUT2D eigenvalue weighted by atomic mass is 10.1. The zero-order chi connectivity index (χ0) is 4.41. The smallest absolute Gasteiger partial charge is 0.187 e. The molecule has 0 fully saturated rings. The first-order valence-electron chi connectivity index (χ1n) is 1.61. The van der Waals surface area contributed by atoms with Gasteiger partial charge < -0.3 is 9.47 Å². The van der Waals surface area contributed by atoms with Crippen molar-refractivity contribution in [2.45, 2.75) is 6.19 Å². The van der Waals surface area contributed by atoms with E-state index in [2.05, 4.69) is 9.47 Å². The first kappa shape index (κ1) is 3.59. The van der Waals surface area contributed by atoms with E-state index in [1.165, 1.54) is 12.5 Å². The molecule has 0 unspecified atom stereocenters. The van der Waals surface area contributed by atoms with Gasteiger partial charge >= 0.3 is 0 Å². The average Bonchev–Trinajstić information content (AvgIpc) is 1.86. The summed E-state index contributed by atoms with van der Waals surface area (Å²) in [4.78, 5) is 0. The highest BCUT2D eigenvalue weighted by molar-refractivity contribution is 6.10. The number of hydrogen-bond acceptors (Lipinski definition) is 2. The molecule has 30 valence electrons. The van der Waals surface area contributed by atoms with E-state index in [0.29, 0.717) is 0 Å². The summed E-state index contributed by atoms with van der Waals surface area (Å²) in [5, 5.41) is 0. The summed E-state index contributed by atoms with van der Waals surface area (Å²) in [6.07, 6.45) is 2.25. The summed E-state index contributed by atoms with van der Waals surface area (Å²) in [6.45, 7) is 0. The Morgan fingerprint density at radius 2 is 1.83 bits per heavy atom. The van der Waals surface area contributed by atoms with Gasteiger partial charge in [-0.3, -0.25) is 0 Å². The lowest BCUT2D eigenvalue weighted by molar-refractivity contribution is 0.0486. The molecule has 0 saturated heterocycles. The zero-order valence-electron chi connectivity index (χ0n) is 3.13. The third-order valence-corrected chi connectivity index (χ3v) is 0.481. The second kappa shape index (κ2) is 1.24. The van der Waals surface area contributed by atoms with Gasteiger partial charge in [0.05, 0.1) is 0 Å². The van der Waals surface area contributed by atoms with Crippen LogP contribution in [0.15, 0.2) is 12.5 Å². The van der Waals surface area contributed by atoms with Gasteiger partial charge in [0, 0.05) is 0 Å². The minimum atomic E-state index is -0.565. The Bertz CT molecular complexity index is 63.2. The highest BCUT2D eigenvalue weighted by atomic mass is 16.7. The summed E-state index contributed by atoms with van der Waals surface area (Å²) in [6, 6.07) is 0. The predicted molar refractivity (Wildman–Crippen MR) is 20.9 cm³/mol. The summed E-state index contributed by atoms with van der Waals surface area (Å²) in [7, 11) is 5.03. The molecule has 0 saturated carbocycles. The minimum absolute atomic E-state index is 0.565. The normalized spacial score (nSPS) is 20.0. The van der Waals surface area contributed by atoms with Crippen LogP contribution >= 0.6 is 0 Å². The number of hydrogen-bond donors (Lipinski definition) is 0. The zero-order valence-corrected chi connectivity index (χ0v) is 3.13. The lowest BCUT2D eigenvalue weighted by Crippen LogP contribution is -2.04. The molecule has 0 aromatic carbocycles. The summed E-state index contributed by atoms with van der Waals surface area (Å²) in [5.41, 5.74) is 0. The second-order valence-electron chi connectivity index (χ2n) is 0.913. The molecule has 1 aliphatic heterocycles. The van der Waals surface area contributed by atoms with Crippen LogP contribution in [0, 0.1) is 0 Å². The van der Waals surface area contributed by atoms with E-state index < -0.39 is 6.19 Å². The van der Waals surface area contributed by atoms with Gasteiger partial charge in [-0.15, -0.1) is 0 Å². The maximum absolute atomic E-state index is 5.03. The van der Waals surface area contributed by atoms with Crippen molar-refractivity contribution in [3.8, 4) is 0 Å². The van der Waals surface area contributed by atoms with E-state index in [1.807, 2.05) is 0 Å². The molecule has 1 rings (SSSR count). The Labute approximate surface area is 37.2 Å². The molecule has 2 nitrogen and oxygen atoms in total. The number of rotatable bonds is 0. The Morgan fingerprint density at radius 1 is 1.33 bits per heavy atom. The van der Waals surface area contributed by atoms with Crippen molar-refractivity contribution in [3.05, 3.63) is 12.5 Å². The minimum Gasteiger partial charge on any atom is -0.469 e. The van der Waals surface area contributed by atoms with Crippen molar-refractivity contribution in [1.82, 2.24) is 0 Å². The van der Waals surface area contributed by atoms with Crippen molar-refractivity contribution >= 4 is 7.85 Å². The topological polar surface area (TPSA) is 18.5 Å². The predicted octanol–water partition coefficient (Wildman–Crippen LogP) is -0.0435. The van der Waals surface area contributed by atoms with E-state index in [9.17, 15) is 0 Å². The molecule has 0 aromatic heterocycles. The quantitative estimate of drug-likeness (QED) is 0.381. The van der Waals surface area contributed by atoms with Crippen molar-refractivity contribution in [3.63, 3.8) is 0 Å². The van der Waals surface area contributed by atoms with Gasteiger partial charge in [0.25, 0.3) is 0 Å². The SMILES string of the molecule is [B]C1OC=CO1. The summed E-state index contributed by atoms with van der Waals surface area (Å²) in [5.74, 6) is 0. The van der Waals surface area contributed by atoms with Gasteiger partial charge in [-0.25, -0.2) is 0 Å². The summed E-state index contributed by atoms with van der Waals surface area (Å²) < 4.78 is 9.06. The van der Waals surface area contributed by atoms with E-state index in [-0.39, 0.29) is 0 Å². The highest BCUT2D eigenvalue weighted by Crippen LogP contribution is 1.98. The maximum Gasteiger partial charge on any atom is 0.187 e.